The summed E-state index contributed by atoms with van der Waals surface area (Å²) in [5.74, 6) is -0.549. The third-order valence-corrected chi connectivity index (χ3v) is 10.6. The van der Waals surface area contributed by atoms with Crippen molar-refractivity contribution in [2.24, 2.45) is 0 Å². The lowest BCUT2D eigenvalue weighted by Gasteiger charge is -2.19. The van der Waals surface area contributed by atoms with E-state index in [2.05, 4.69) is 0 Å². The van der Waals surface area contributed by atoms with Gasteiger partial charge >= 0.3 is 7.82 Å². The number of phosphoric acid groups is 1. The Morgan fingerprint density at radius 2 is 1.24 bits per heavy atom. The second kappa shape index (κ2) is 11.3. The van der Waals surface area contributed by atoms with Crippen LogP contribution in [0.1, 0.15) is 42.3 Å². The Bertz CT molecular complexity index is 2080. The van der Waals surface area contributed by atoms with Crippen molar-refractivity contribution in [3.8, 4) is 11.5 Å². The number of halogens is 2. The van der Waals surface area contributed by atoms with E-state index in [1.807, 2.05) is 24.3 Å². The summed E-state index contributed by atoms with van der Waals surface area (Å²) in [7, 11) is -4.90. The standard InChI is InChI=1S/C32H25Cl2N2O7PS/c33-13-17-15-35(23-11-25(37)19-5-1-3-7-21(19)29(17)23)31(38)27-9-10-28(45-27)32(39)36-16-18(14-34)30-22-8-4-2-6-20(22)26(12-24(30)36)43-44(40,41)42/h1-12,17-18,37H,13-16H2,(H2,40,41,42)/t17-,18?/m1/s1. The second-order valence-electron chi connectivity index (χ2n) is 11.0. The molecule has 9 nitrogen and oxygen atoms in total. The smallest absolute Gasteiger partial charge is 0.507 e. The Hall–Kier alpha value is -3.63. The summed E-state index contributed by atoms with van der Waals surface area (Å²) >= 11 is 13.8. The fraction of sp³-hybridized carbons (Fsp3) is 0.188. The first kappa shape index (κ1) is 30.0. The van der Waals surface area contributed by atoms with Crippen LogP contribution in [0.3, 0.4) is 0 Å². The quantitative estimate of drug-likeness (QED) is 0.128. The molecule has 5 aromatic rings. The number of carbonyl (C=O) groups is 2. The van der Waals surface area contributed by atoms with Crippen LogP contribution in [-0.2, 0) is 4.57 Å². The molecule has 13 heteroatoms. The Kier molecular flexibility index (Phi) is 7.55. The number of aromatic hydroxyl groups is 1. The van der Waals surface area contributed by atoms with Gasteiger partial charge in [-0.3, -0.25) is 19.4 Å². The van der Waals surface area contributed by atoms with Gasteiger partial charge in [0.15, 0.2) is 0 Å². The van der Waals surface area contributed by atoms with Gasteiger partial charge in [0.25, 0.3) is 11.8 Å². The molecule has 0 saturated heterocycles. The zero-order valence-corrected chi connectivity index (χ0v) is 26.6. The summed E-state index contributed by atoms with van der Waals surface area (Å²) in [5, 5.41) is 13.5. The molecule has 230 valence electrons. The molecule has 3 N–H and O–H groups in total. The molecule has 0 saturated carbocycles. The van der Waals surface area contributed by atoms with E-state index >= 15 is 0 Å². The molecular formula is C32H25Cl2N2O7PS. The lowest BCUT2D eigenvalue weighted by molar-refractivity contribution is 0.0986. The van der Waals surface area contributed by atoms with Gasteiger partial charge in [0.1, 0.15) is 11.5 Å². The van der Waals surface area contributed by atoms with Crippen molar-refractivity contribution < 1.29 is 33.6 Å². The molecule has 2 aliphatic heterocycles. The molecule has 4 aromatic carbocycles. The number of anilines is 2. The van der Waals surface area contributed by atoms with Crippen LogP contribution in [0.25, 0.3) is 21.5 Å². The second-order valence-corrected chi connectivity index (χ2v) is 13.9. The summed E-state index contributed by atoms with van der Waals surface area (Å²) in [6.07, 6.45) is 0. The number of thiophene rings is 1. The highest BCUT2D eigenvalue weighted by Crippen LogP contribution is 2.50. The Morgan fingerprint density at radius 1 is 0.778 bits per heavy atom. The molecule has 2 atom stereocenters. The zero-order chi connectivity index (χ0) is 31.6. The number of phosphoric ester groups is 1. The van der Waals surface area contributed by atoms with E-state index in [1.54, 1.807) is 47.4 Å². The van der Waals surface area contributed by atoms with Gasteiger partial charge in [-0.25, -0.2) is 4.57 Å². The molecule has 7 rings (SSSR count). The Morgan fingerprint density at radius 3 is 1.76 bits per heavy atom. The summed E-state index contributed by atoms with van der Waals surface area (Å²) in [5.41, 5.74) is 2.72. The zero-order valence-electron chi connectivity index (χ0n) is 23.4. The Balaban J connectivity index is 1.24. The van der Waals surface area contributed by atoms with E-state index in [4.69, 9.17) is 27.7 Å². The van der Waals surface area contributed by atoms with Crippen LogP contribution in [0.2, 0.25) is 0 Å². The maximum Gasteiger partial charge on any atom is 0.524 e. The first-order valence-electron chi connectivity index (χ1n) is 14.0. The highest BCUT2D eigenvalue weighted by molar-refractivity contribution is 7.46. The molecule has 2 aliphatic rings. The summed E-state index contributed by atoms with van der Waals surface area (Å²) < 4.78 is 16.8. The van der Waals surface area contributed by atoms with Gasteiger partial charge in [0.05, 0.1) is 21.1 Å². The first-order valence-corrected chi connectivity index (χ1v) is 17.4. The number of phenolic OH excluding ortho intramolecular Hbond substituents is 1. The van der Waals surface area contributed by atoms with E-state index in [9.17, 15) is 29.0 Å². The van der Waals surface area contributed by atoms with Crippen LogP contribution < -0.4 is 14.3 Å². The summed E-state index contributed by atoms with van der Waals surface area (Å²) in [6.45, 7) is 0.573. The van der Waals surface area contributed by atoms with Crippen molar-refractivity contribution in [3.05, 3.63) is 93.7 Å². The van der Waals surface area contributed by atoms with Gasteiger partial charge in [0, 0.05) is 59.6 Å². The van der Waals surface area contributed by atoms with Crippen molar-refractivity contribution in [2.45, 2.75) is 11.8 Å². The van der Waals surface area contributed by atoms with E-state index in [0.717, 1.165) is 27.8 Å². The van der Waals surface area contributed by atoms with E-state index in [0.29, 0.717) is 43.8 Å². The highest BCUT2D eigenvalue weighted by Gasteiger charge is 2.38. The molecule has 2 amide bonds. The van der Waals surface area contributed by atoms with Crippen molar-refractivity contribution in [3.63, 3.8) is 0 Å². The number of amides is 2. The largest absolute Gasteiger partial charge is 0.524 e. The van der Waals surface area contributed by atoms with E-state index < -0.39 is 7.82 Å². The lowest BCUT2D eigenvalue weighted by atomic mass is 9.95. The van der Waals surface area contributed by atoms with Gasteiger partial charge in [-0.05, 0) is 34.0 Å². The van der Waals surface area contributed by atoms with E-state index in [1.165, 1.54) is 11.0 Å². The van der Waals surface area contributed by atoms with Gasteiger partial charge in [-0.2, -0.15) is 0 Å². The number of nitrogens with zero attached hydrogens (tertiary/aromatic N) is 2. The minimum atomic E-state index is -4.90. The van der Waals surface area contributed by atoms with Crippen molar-refractivity contribution in [1.29, 1.82) is 0 Å². The number of benzene rings is 4. The molecule has 1 unspecified atom stereocenters. The minimum Gasteiger partial charge on any atom is -0.507 e. The molecule has 0 radical (unpaired) electrons. The van der Waals surface area contributed by atoms with Gasteiger partial charge in [0.2, 0.25) is 0 Å². The van der Waals surface area contributed by atoms with Crippen LogP contribution >= 0.6 is 42.4 Å². The number of phenols is 1. The van der Waals surface area contributed by atoms with Gasteiger partial charge in [-0.15, -0.1) is 34.5 Å². The maximum absolute atomic E-state index is 14.0. The SMILES string of the molecule is O=C(c1ccc(C(=O)N2C[C@@H](CCl)c3c2cc(O)c2ccccc32)s1)N1CC(CCl)c2c1cc(OP(=O)(O)O)c1ccccc21. The van der Waals surface area contributed by atoms with Gasteiger partial charge < -0.3 is 19.4 Å². The van der Waals surface area contributed by atoms with Crippen LogP contribution in [0, 0.1) is 0 Å². The molecule has 45 heavy (non-hydrogen) atoms. The van der Waals surface area contributed by atoms with Crippen molar-refractivity contribution in [1.82, 2.24) is 0 Å². The predicted octanol–water partition coefficient (Wildman–Crippen LogP) is 7.20. The number of rotatable bonds is 6. The molecule has 0 bridgehead atoms. The number of alkyl halides is 2. The lowest BCUT2D eigenvalue weighted by Crippen LogP contribution is -2.30. The summed E-state index contributed by atoms with van der Waals surface area (Å²) in [6, 6.07) is 20.7. The molecule has 3 heterocycles. The average Bonchev–Trinajstić information content (AvgIpc) is 3.76. The van der Waals surface area contributed by atoms with Crippen molar-refractivity contribution >= 4 is 87.1 Å². The topological polar surface area (TPSA) is 128 Å². The first-order chi connectivity index (χ1) is 21.6. The number of hydrogen-bond acceptors (Lipinski definition) is 6. The third kappa shape index (κ3) is 5.06. The van der Waals surface area contributed by atoms with Crippen LogP contribution in [0.4, 0.5) is 11.4 Å². The fourth-order valence-electron chi connectivity index (χ4n) is 6.51. The molecule has 0 spiro atoms. The molecule has 1 aromatic heterocycles. The highest BCUT2D eigenvalue weighted by atomic mass is 35.5. The Labute approximate surface area is 271 Å². The van der Waals surface area contributed by atoms with Crippen LogP contribution in [0.5, 0.6) is 11.5 Å². The normalized spacial score (nSPS) is 17.6. The number of hydrogen-bond donors (Lipinski definition) is 3. The number of fused-ring (bicyclic) bond motifs is 6. The maximum atomic E-state index is 14.0. The van der Waals surface area contributed by atoms with Crippen LogP contribution in [0.15, 0.2) is 72.8 Å². The van der Waals surface area contributed by atoms with Crippen molar-refractivity contribution in [2.75, 3.05) is 34.6 Å². The molecular weight excluding hydrogens is 658 g/mol. The average molecular weight is 684 g/mol. The summed E-state index contributed by atoms with van der Waals surface area (Å²) in [4.78, 5) is 50.7. The fourth-order valence-corrected chi connectivity index (χ4v) is 8.33. The third-order valence-electron chi connectivity index (χ3n) is 8.38. The molecule has 0 aliphatic carbocycles. The van der Waals surface area contributed by atoms with Gasteiger partial charge in [-0.1, -0.05) is 48.5 Å². The number of carbonyl (C=O) groups excluding carboxylic acids is 2. The minimum absolute atomic E-state index is 0.0509. The monoisotopic (exact) mass is 682 g/mol. The van der Waals surface area contributed by atoms with Crippen LogP contribution in [-0.4, -0.2) is 51.6 Å². The predicted molar refractivity (Wildman–Crippen MR) is 177 cm³/mol. The van der Waals surface area contributed by atoms with E-state index in [-0.39, 0.29) is 53.5 Å². The molecule has 0 fully saturated rings.